The molecule has 3 heteroatoms. The predicted octanol–water partition coefficient (Wildman–Crippen LogP) is 1.65. The molecule has 0 unspecified atom stereocenters. The largest absolute Gasteiger partial charge is 0.373 e. The zero-order valence-corrected chi connectivity index (χ0v) is 6.81. The van der Waals surface area contributed by atoms with Crippen LogP contribution in [0.2, 0.25) is 0 Å². The second kappa shape index (κ2) is 4.80. The Morgan fingerprint density at radius 2 is 1.62 bits per heavy atom. The van der Waals surface area contributed by atoms with Crippen LogP contribution in [0.5, 0.6) is 0 Å². The fraction of sp³-hybridized carbons (Fsp3) is 0. The molecule has 0 fully saturated rings. The molecule has 0 aliphatic heterocycles. The summed E-state index contributed by atoms with van der Waals surface area (Å²) >= 11 is 0. The van der Waals surface area contributed by atoms with E-state index in [2.05, 4.69) is 17.1 Å². The first-order valence-electron chi connectivity index (χ1n) is 3.67. The highest BCUT2D eigenvalue weighted by atomic mass is 16.2. The lowest BCUT2D eigenvalue weighted by Gasteiger charge is -1.91. The lowest BCUT2D eigenvalue weighted by Crippen LogP contribution is -1.73. The van der Waals surface area contributed by atoms with E-state index in [9.17, 15) is 0 Å². The van der Waals surface area contributed by atoms with E-state index in [1.807, 2.05) is 30.5 Å². The number of hydrogen-bond acceptors (Lipinski definition) is 3. The smallest absolute Gasteiger partial charge is 0.256 e. The minimum atomic E-state index is 0.250. The van der Waals surface area contributed by atoms with Gasteiger partial charge in [0.2, 0.25) is 0 Å². The van der Waals surface area contributed by atoms with Crippen molar-refractivity contribution >= 4 is 17.1 Å². The summed E-state index contributed by atoms with van der Waals surface area (Å²) in [7, 11) is 0. The molecule has 0 saturated heterocycles. The lowest BCUT2D eigenvalue weighted by molar-refractivity contribution is -0.191. The lowest BCUT2D eigenvalue weighted by atomic mass is 10.2. The molecule has 0 aliphatic carbocycles. The first-order chi connectivity index (χ1) is 6.38. The summed E-state index contributed by atoms with van der Waals surface area (Å²) in [5, 5.41) is 1.20. The maximum Gasteiger partial charge on any atom is 0.373 e. The monoisotopic (exact) mass is 173 g/mol. The van der Waals surface area contributed by atoms with E-state index in [-0.39, 0.29) is 6.15 Å². The summed E-state index contributed by atoms with van der Waals surface area (Å²) in [5.74, 6) is 0. The van der Waals surface area contributed by atoms with E-state index in [0.29, 0.717) is 0 Å². The van der Waals surface area contributed by atoms with E-state index in [1.54, 1.807) is 0 Å². The molecule has 2 rings (SSSR count). The molecular weight excluding hydrogens is 166 g/mol. The molecule has 64 valence electrons. The number of aromatic nitrogens is 1. The van der Waals surface area contributed by atoms with Gasteiger partial charge in [0, 0.05) is 11.6 Å². The van der Waals surface area contributed by atoms with E-state index in [0.717, 1.165) is 5.52 Å². The minimum absolute atomic E-state index is 0.250. The Hall–Kier alpha value is -1.99. The second-order valence-corrected chi connectivity index (χ2v) is 2.28. The van der Waals surface area contributed by atoms with Crippen molar-refractivity contribution in [3.63, 3.8) is 0 Å². The third kappa shape index (κ3) is 2.51. The van der Waals surface area contributed by atoms with Crippen molar-refractivity contribution in [1.29, 1.82) is 0 Å². The van der Waals surface area contributed by atoms with Gasteiger partial charge in [-0.3, -0.25) is 4.98 Å². The molecule has 2 aromatic rings. The normalized spacial score (nSPS) is 8.31. The van der Waals surface area contributed by atoms with E-state index in [4.69, 9.17) is 9.59 Å². The Bertz CT molecular complexity index is 354. The van der Waals surface area contributed by atoms with Gasteiger partial charge in [-0.05, 0) is 12.1 Å². The molecule has 0 aliphatic rings. The number of fused-ring (bicyclic) bond motifs is 1. The van der Waals surface area contributed by atoms with E-state index in [1.165, 1.54) is 5.39 Å². The van der Waals surface area contributed by atoms with Crippen LogP contribution < -0.4 is 0 Å². The predicted molar refractivity (Wildman–Crippen MR) is 46.8 cm³/mol. The van der Waals surface area contributed by atoms with Crippen LogP contribution >= 0.6 is 0 Å². The van der Waals surface area contributed by atoms with Gasteiger partial charge in [-0.2, -0.15) is 9.59 Å². The van der Waals surface area contributed by atoms with Gasteiger partial charge in [-0.1, -0.05) is 24.3 Å². The molecule has 0 saturated carbocycles. The van der Waals surface area contributed by atoms with Crippen LogP contribution in [-0.2, 0) is 9.59 Å². The van der Waals surface area contributed by atoms with Gasteiger partial charge in [0.15, 0.2) is 0 Å². The van der Waals surface area contributed by atoms with Gasteiger partial charge in [0.25, 0.3) is 0 Å². The van der Waals surface area contributed by atoms with Gasteiger partial charge >= 0.3 is 6.15 Å². The van der Waals surface area contributed by atoms with E-state index >= 15 is 0 Å². The first-order valence-corrected chi connectivity index (χ1v) is 3.67. The van der Waals surface area contributed by atoms with Crippen LogP contribution in [0.25, 0.3) is 10.9 Å². The summed E-state index contributed by atoms with van der Waals surface area (Å²) in [6, 6.07) is 12.1. The molecule has 0 amide bonds. The van der Waals surface area contributed by atoms with Crippen LogP contribution in [0.4, 0.5) is 0 Å². The molecule has 0 atom stereocenters. The quantitative estimate of drug-likeness (QED) is 0.608. The minimum Gasteiger partial charge on any atom is -0.256 e. The molecule has 1 heterocycles. The average Bonchev–Trinajstić information content (AvgIpc) is 2.19. The van der Waals surface area contributed by atoms with Crippen LogP contribution in [0.1, 0.15) is 0 Å². The fourth-order valence-electron chi connectivity index (χ4n) is 1.02. The van der Waals surface area contributed by atoms with Gasteiger partial charge < -0.3 is 0 Å². The van der Waals surface area contributed by atoms with Crippen molar-refractivity contribution < 1.29 is 9.59 Å². The number of para-hydroxylation sites is 1. The number of rotatable bonds is 0. The van der Waals surface area contributed by atoms with Gasteiger partial charge in [0.05, 0.1) is 5.52 Å². The van der Waals surface area contributed by atoms with Gasteiger partial charge in [-0.15, -0.1) is 0 Å². The molecule has 0 bridgehead atoms. The van der Waals surface area contributed by atoms with Crippen LogP contribution in [0.3, 0.4) is 0 Å². The Labute approximate surface area is 75.0 Å². The summed E-state index contributed by atoms with van der Waals surface area (Å²) < 4.78 is 0. The van der Waals surface area contributed by atoms with Crippen molar-refractivity contribution in [2.24, 2.45) is 0 Å². The summed E-state index contributed by atoms with van der Waals surface area (Å²) in [6.07, 6.45) is 2.06. The number of pyridine rings is 1. The Kier molecular flexibility index (Phi) is 3.36. The molecule has 0 N–H and O–H groups in total. The highest BCUT2D eigenvalue weighted by Crippen LogP contribution is 2.07. The highest BCUT2D eigenvalue weighted by Gasteiger charge is 1.86. The van der Waals surface area contributed by atoms with Crippen LogP contribution in [0, 0.1) is 0 Å². The maximum atomic E-state index is 8.12. The molecular formula is C10H7NO2. The zero-order chi connectivity index (χ0) is 9.52. The van der Waals surface area contributed by atoms with Gasteiger partial charge in [0.1, 0.15) is 0 Å². The summed E-state index contributed by atoms with van der Waals surface area (Å²) in [6.45, 7) is 0. The summed E-state index contributed by atoms with van der Waals surface area (Å²) in [4.78, 5) is 20.4. The molecule has 0 spiro atoms. The van der Waals surface area contributed by atoms with Crippen LogP contribution in [-0.4, -0.2) is 11.1 Å². The number of carbonyl (C=O) groups excluding carboxylic acids is 2. The molecule has 0 radical (unpaired) electrons. The standard InChI is InChI=1S/C9H7N.CO2/c1-2-6-9-8(4-1)5-3-7-10-9;2-1-3/h1-7H;. The molecule has 13 heavy (non-hydrogen) atoms. The number of benzene rings is 1. The maximum absolute atomic E-state index is 8.12. The third-order valence-electron chi connectivity index (χ3n) is 1.51. The van der Waals surface area contributed by atoms with Gasteiger partial charge in [-0.25, -0.2) is 0 Å². The third-order valence-corrected chi connectivity index (χ3v) is 1.51. The van der Waals surface area contributed by atoms with Crippen molar-refractivity contribution in [2.75, 3.05) is 0 Å². The Balaban J connectivity index is 0.000000251. The number of nitrogens with zero attached hydrogens (tertiary/aromatic N) is 1. The highest BCUT2D eigenvalue weighted by molar-refractivity contribution is 5.77. The van der Waals surface area contributed by atoms with Crippen molar-refractivity contribution in [3.8, 4) is 0 Å². The van der Waals surface area contributed by atoms with E-state index < -0.39 is 0 Å². The van der Waals surface area contributed by atoms with Crippen molar-refractivity contribution in [2.45, 2.75) is 0 Å². The van der Waals surface area contributed by atoms with Crippen molar-refractivity contribution in [3.05, 3.63) is 42.6 Å². The summed E-state index contributed by atoms with van der Waals surface area (Å²) in [5.41, 5.74) is 1.06. The second-order valence-electron chi connectivity index (χ2n) is 2.28. The average molecular weight is 173 g/mol. The Morgan fingerprint density at radius 1 is 1.00 bits per heavy atom. The number of hydrogen-bond donors (Lipinski definition) is 0. The molecule has 1 aromatic heterocycles. The molecule has 3 nitrogen and oxygen atoms in total. The van der Waals surface area contributed by atoms with Crippen LogP contribution in [0.15, 0.2) is 42.6 Å². The Morgan fingerprint density at radius 3 is 2.31 bits per heavy atom. The SMILES string of the molecule is O=C=O.c1ccc2ncccc2c1. The van der Waals surface area contributed by atoms with Crippen molar-refractivity contribution in [1.82, 2.24) is 4.98 Å². The fourth-order valence-corrected chi connectivity index (χ4v) is 1.02. The molecule has 1 aromatic carbocycles. The zero-order valence-electron chi connectivity index (χ0n) is 6.81. The topological polar surface area (TPSA) is 47.0 Å². The first kappa shape index (κ1) is 9.10.